The molecule has 1 aliphatic carbocycles. The fraction of sp³-hybridized carbons (Fsp3) is 0.556. The van der Waals surface area contributed by atoms with E-state index < -0.39 is 5.97 Å². The molecule has 0 aliphatic heterocycles. The highest BCUT2D eigenvalue weighted by Gasteiger charge is 2.29. The molecule has 3 nitrogen and oxygen atoms in total. The number of carboxylic acid groups (broad SMARTS) is 1. The zero-order valence-electron chi connectivity index (χ0n) is 7.26. The lowest BCUT2D eigenvalue weighted by Crippen LogP contribution is -2.23. The monoisotopic (exact) mass is 168 g/mol. The molecule has 0 unspecified atom stereocenters. The predicted octanol–water partition coefficient (Wildman–Crippen LogP) is 1.39. The number of hydrogen-bond donors (Lipinski definition) is 1. The van der Waals surface area contributed by atoms with Crippen LogP contribution in [0.15, 0.2) is 11.6 Å². The van der Waals surface area contributed by atoms with Crippen LogP contribution < -0.4 is 0 Å². The minimum atomic E-state index is -1.10. The van der Waals surface area contributed by atoms with Crippen molar-refractivity contribution in [1.29, 1.82) is 0 Å². The number of aliphatic carboxylic acids is 1. The molecule has 66 valence electrons. The summed E-state index contributed by atoms with van der Waals surface area (Å²) in [6.45, 7) is 3.87. The number of rotatable bonds is 1. The van der Waals surface area contributed by atoms with Crippen LogP contribution in [0.2, 0.25) is 0 Å². The Bertz CT molecular complexity index is 261. The molecule has 0 radical (unpaired) electrons. The second-order valence-electron chi connectivity index (χ2n) is 3.77. The third kappa shape index (κ3) is 1.72. The number of ketones is 1. The first-order valence-corrected chi connectivity index (χ1v) is 3.92. The molecular formula is C9H12O3. The Balaban J connectivity index is 3.01. The van der Waals surface area contributed by atoms with Gasteiger partial charge in [-0.3, -0.25) is 4.79 Å². The molecule has 0 aromatic rings. The Morgan fingerprint density at radius 3 is 2.58 bits per heavy atom. The summed E-state index contributed by atoms with van der Waals surface area (Å²) in [6, 6.07) is 0. The molecule has 12 heavy (non-hydrogen) atoms. The standard InChI is InChI=1S/C9H12O3/c1-9(2)4-3-7(10)6(5-9)8(11)12/h5H,3-4H2,1-2H3,(H,11,12). The molecule has 3 heteroatoms. The lowest BCUT2D eigenvalue weighted by Gasteiger charge is -2.24. The van der Waals surface area contributed by atoms with Gasteiger partial charge in [0.1, 0.15) is 0 Å². The van der Waals surface area contributed by atoms with Gasteiger partial charge in [-0.15, -0.1) is 0 Å². The first-order chi connectivity index (χ1) is 5.42. The zero-order valence-corrected chi connectivity index (χ0v) is 7.26. The van der Waals surface area contributed by atoms with E-state index in [1.165, 1.54) is 0 Å². The molecule has 0 aromatic carbocycles. The Morgan fingerprint density at radius 2 is 2.17 bits per heavy atom. The maximum atomic E-state index is 11.1. The Morgan fingerprint density at radius 1 is 1.58 bits per heavy atom. The molecule has 0 spiro atoms. The fourth-order valence-electron chi connectivity index (χ4n) is 1.29. The van der Waals surface area contributed by atoms with Crippen LogP contribution in [0, 0.1) is 5.41 Å². The van der Waals surface area contributed by atoms with Crippen LogP contribution in [0.3, 0.4) is 0 Å². The van der Waals surface area contributed by atoms with Crippen molar-refractivity contribution in [2.45, 2.75) is 26.7 Å². The van der Waals surface area contributed by atoms with Crippen molar-refractivity contribution >= 4 is 11.8 Å². The van der Waals surface area contributed by atoms with E-state index in [0.29, 0.717) is 6.42 Å². The number of hydrogen-bond acceptors (Lipinski definition) is 2. The average Bonchev–Trinajstić information content (AvgIpc) is 1.94. The van der Waals surface area contributed by atoms with Gasteiger partial charge >= 0.3 is 5.97 Å². The van der Waals surface area contributed by atoms with Gasteiger partial charge in [0.2, 0.25) is 0 Å². The quantitative estimate of drug-likeness (QED) is 0.602. The summed E-state index contributed by atoms with van der Waals surface area (Å²) in [5.74, 6) is -1.35. The van der Waals surface area contributed by atoms with Crippen LogP contribution in [0.25, 0.3) is 0 Å². The Hall–Kier alpha value is -1.12. The first kappa shape index (κ1) is 8.97. The van der Waals surface area contributed by atoms with Crippen molar-refractivity contribution in [3.8, 4) is 0 Å². The van der Waals surface area contributed by atoms with Crippen molar-refractivity contribution in [2.24, 2.45) is 5.41 Å². The number of carbonyl (C=O) groups excluding carboxylic acids is 1. The molecule has 0 heterocycles. The zero-order chi connectivity index (χ0) is 9.35. The van der Waals surface area contributed by atoms with Gasteiger partial charge in [-0.2, -0.15) is 0 Å². The van der Waals surface area contributed by atoms with Gasteiger partial charge < -0.3 is 5.11 Å². The van der Waals surface area contributed by atoms with E-state index in [-0.39, 0.29) is 16.8 Å². The third-order valence-corrected chi connectivity index (χ3v) is 2.06. The SMILES string of the molecule is CC1(C)C=C(C(=O)O)C(=O)CC1. The average molecular weight is 168 g/mol. The van der Waals surface area contributed by atoms with Gasteiger partial charge in [-0.05, 0) is 11.8 Å². The maximum Gasteiger partial charge on any atom is 0.339 e. The van der Waals surface area contributed by atoms with Crippen LogP contribution in [0.4, 0.5) is 0 Å². The van der Waals surface area contributed by atoms with E-state index in [4.69, 9.17) is 5.11 Å². The molecule has 0 saturated carbocycles. The van der Waals surface area contributed by atoms with E-state index in [9.17, 15) is 9.59 Å². The van der Waals surface area contributed by atoms with Crippen molar-refractivity contribution in [2.75, 3.05) is 0 Å². The summed E-state index contributed by atoms with van der Waals surface area (Å²) >= 11 is 0. The second-order valence-corrected chi connectivity index (χ2v) is 3.77. The van der Waals surface area contributed by atoms with Crippen LogP contribution in [-0.2, 0) is 9.59 Å². The van der Waals surface area contributed by atoms with Crippen molar-refractivity contribution < 1.29 is 14.7 Å². The van der Waals surface area contributed by atoms with E-state index in [1.807, 2.05) is 13.8 Å². The molecule has 0 atom stereocenters. The normalized spacial score (nSPS) is 21.8. The second kappa shape index (κ2) is 2.73. The Kier molecular flexibility index (Phi) is 2.04. The van der Waals surface area contributed by atoms with Gasteiger partial charge in [0.25, 0.3) is 0 Å². The van der Waals surface area contributed by atoms with Gasteiger partial charge in [-0.1, -0.05) is 19.9 Å². The van der Waals surface area contributed by atoms with Crippen LogP contribution in [-0.4, -0.2) is 16.9 Å². The predicted molar refractivity (Wildman–Crippen MR) is 43.7 cm³/mol. The molecule has 0 aromatic heterocycles. The smallest absolute Gasteiger partial charge is 0.339 e. The lowest BCUT2D eigenvalue weighted by molar-refractivity contribution is -0.135. The maximum absolute atomic E-state index is 11.1. The van der Waals surface area contributed by atoms with Crippen LogP contribution in [0.1, 0.15) is 26.7 Å². The topological polar surface area (TPSA) is 54.4 Å². The number of carbonyl (C=O) groups is 2. The third-order valence-electron chi connectivity index (χ3n) is 2.06. The van der Waals surface area contributed by atoms with Gasteiger partial charge in [0, 0.05) is 6.42 Å². The fourth-order valence-corrected chi connectivity index (χ4v) is 1.29. The van der Waals surface area contributed by atoms with Crippen molar-refractivity contribution in [3.05, 3.63) is 11.6 Å². The Labute approximate surface area is 71.1 Å². The van der Waals surface area contributed by atoms with Crippen molar-refractivity contribution in [1.82, 2.24) is 0 Å². The summed E-state index contributed by atoms with van der Waals surface area (Å²) < 4.78 is 0. The minimum absolute atomic E-state index is 0.0498. The highest BCUT2D eigenvalue weighted by Crippen LogP contribution is 2.31. The van der Waals surface area contributed by atoms with Crippen LogP contribution in [0.5, 0.6) is 0 Å². The first-order valence-electron chi connectivity index (χ1n) is 3.92. The summed E-state index contributed by atoms with van der Waals surface area (Å²) in [7, 11) is 0. The largest absolute Gasteiger partial charge is 0.478 e. The minimum Gasteiger partial charge on any atom is -0.478 e. The van der Waals surface area contributed by atoms with E-state index >= 15 is 0 Å². The molecule has 1 aliphatic rings. The van der Waals surface area contributed by atoms with Gasteiger partial charge in [0.05, 0.1) is 5.57 Å². The summed E-state index contributed by atoms with van der Waals surface area (Å²) in [5.41, 5.74) is -0.201. The summed E-state index contributed by atoms with van der Waals surface area (Å²) in [4.78, 5) is 21.6. The lowest BCUT2D eigenvalue weighted by atomic mass is 9.79. The summed E-state index contributed by atoms with van der Waals surface area (Å²) in [5, 5.41) is 8.65. The van der Waals surface area contributed by atoms with Crippen LogP contribution >= 0.6 is 0 Å². The van der Waals surface area contributed by atoms with E-state index in [2.05, 4.69) is 0 Å². The molecule has 1 rings (SSSR count). The highest BCUT2D eigenvalue weighted by atomic mass is 16.4. The number of allylic oxidation sites excluding steroid dienone is 1. The van der Waals surface area contributed by atoms with E-state index in [1.54, 1.807) is 6.08 Å². The molecule has 0 fully saturated rings. The number of Topliss-reactive ketones (excluding diaryl/α,β-unsaturated/α-hetero) is 1. The summed E-state index contributed by atoms with van der Waals surface area (Å²) in [6.07, 6.45) is 2.65. The molecule has 1 N–H and O–H groups in total. The van der Waals surface area contributed by atoms with E-state index in [0.717, 1.165) is 6.42 Å². The molecule has 0 amide bonds. The number of carboxylic acids is 1. The molecule has 0 bridgehead atoms. The molecule has 0 saturated heterocycles. The van der Waals surface area contributed by atoms with Gasteiger partial charge in [0.15, 0.2) is 5.78 Å². The highest BCUT2D eigenvalue weighted by molar-refractivity contribution is 6.17. The van der Waals surface area contributed by atoms with Crippen molar-refractivity contribution in [3.63, 3.8) is 0 Å². The molecular weight excluding hydrogens is 156 g/mol. The van der Waals surface area contributed by atoms with Gasteiger partial charge in [-0.25, -0.2) is 4.79 Å².